The Bertz CT molecular complexity index is 918. The summed E-state index contributed by atoms with van der Waals surface area (Å²) in [6, 6.07) is 12.3. The van der Waals surface area contributed by atoms with Gasteiger partial charge < -0.3 is 15.0 Å². The van der Waals surface area contributed by atoms with Crippen LogP contribution in [-0.2, 0) is 6.54 Å². The van der Waals surface area contributed by atoms with Crippen molar-refractivity contribution >= 4 is 16.8 Å². The highest BCUT2D eigenvalue weighted by Crippen LogP contribution is 2.17. The summed E-state index contributed by atoms with van der Waals surface area (Å²) in [5.41, 5.74) is 1.60. The molecule has 0 saturated carbocycles. The van der Waals surface area contributed by atoms with Crippen molar-refractivity contribution in [2.24, 2.45) is 0 Å². The second-order valence-corrected chi connectivity index (χ2v) is 4.96. The van der Waals surface area contributed by atoms with Crippen molar-refractivity contribution in [3.05, 3.63) is 70.3 Å². The van der Waals surface area contributed by atoms with Crippen LogP contribution in [0.1, 0.15) is 15.9 Å². The van der Waals surface area contributed by atoms with Gasteiger partial charge in [-0.05, 0) is 24.3 Å². The maximum Gasteiger partial charge on any atom is 0.258 e. The lowest BCUT2D eigenvalue weighted by atomic mass is 10.1. The van der Waals surface area contributed by atoms with Crippen molar-refractivity contribution in [3.63, 3.8) is 0 Å². The standard InChI is InChI=1S/C17H15N3O3/c1-23-15-5-3-2-4-12(15)9-18-16(21)11-6-7-13-14(8-11)19-10-20-17(13)22/h2-8,10H,9H2,1H3,(H,18,21)(H,19,20,22). The fraction of sp³-hybridized carbons (Fsp3) is 0.118. The minimum atomic E-state index is -0.236. The van der Waals surface area contributed by atoms with E-state index in [1.807, 2.05) is 24.3 Å². The lowest BCUT2D eigenvalue weighted by Crippen LogP contribution is -2.23. The normalized spacial score (nSPS) is 10.5. The molecule has 6 heteroatoms. The van der Waals surface area contributed by atoms with Gasteiger partial charge >= 0.3 is 0 Å². The van der Waals surface area contributed by atoms with Crippen molar-refractivity contribution < 1.29 is 9.53 Å². The molecule has 116 valence electrons. The van der Waals surface area contributed by atoms with Crippen LogP contribution >= 0.6 is 0 Å². The first kappa shape index (κ1) is 14.8. The topological polar surface area (TPSA) is 84.1 Å². The van der Waals surface area contributed by atoms with Crippen LogP contribution in [0.25, 0.3) is 10.9 Å². The molecule has 2 aromatic carbocycles. The average Bonchev–Trinajstić information content (AvgIpc) is 2.59. The van der Waals surface area contributed by atoms with E-state index in [0.717, 1.165) is 11.3 Å². The molecule has 0 fully saturated rings. The van der Waals surface area contributed by atoms with Gasteiger partial charge in [-0.3, -0.25) is 9.59 Å². The molecule has 0 radical (unpaired) electrons. The maximum atomic E-state index is 12.3. The van der Waals surface area contributed by atoms with Gasteiger partial charge in [0, 0.05) is 17.7 Å². The Hall–Kier alpha value is -3.15. The largest absolute Gasteiger partial charge is 0.496 e. The van der Waals surface area contributed by atoms with Gasteiger partial charge in [0.2, 0.25) is 0 Å². The number of ether oxygens (including phenoxy) is 1. The van der Waals surface area contributed by atoms with Crippen LogP contribution in [0, 0.1) is 0 Å². The number of benzene rings is 2. The molecule has 0 saturated heterocycles. The Morgan fingerprint density at radius 1 is 1.26 bits per heavy atom. The first-order valence-electron chi connectivity index (χ1n) is 7.06. The van der Waals surface area contributed by atoms with E-state index in [1.54, 1.807) is 25.3 Å². The molecule has 0 atom stereocenters. The van der Waals surface area contributed by atoms with Gasteiger partial charge in [0.05, 0.1) is 24.3 Å². The van der Waals surface area contributed by atoms with E-state index in [9.17, 15) is 9.59 Å². The molecule has 0 aliphatic heterocycles. The lowest BCUT2D eigenvalue weighted by Gasteiger charge is -2.09. The molecule has 6 nitrogen and oxygen atoms in total. The highest BCUT2D eigenvalue weighted by molar-refractivity contribution is 5.97. The second-order valence-electron chi connectivity index (χ2n) is 4.96. The summed E-state index contributed by atoms with van der Waals surface area (Å²) < 4.78 is 5.25. The van der Waals surface area contributed by atoms with Crippen LogP contribution in [0.5, 0.6) is 5.75 Å². The first-order valence-corrected chi connectivity index (χ1v) is 7.06. The Balaban J connectivity index is 1.79. The number of rotatable bonds is 4. The zero-order chi connectivity index (χ0) is 16.2. The number of hydrogen-bond acceptors (Lipinski definition) is 4. The summed E-state index contributed by atoms with van der Waals surface area (Å²) in [7, 11) is 1.59. The Morgan fingerprint density at radius 2 is 2.09 bits per heavy atom. The van der Waals surface area contributed by atoms with E-state index in [0.29, 0.717) is 23.0 Å². The van der Waals surface area contributed by atoms with E-state index >= 15 is 0 Å². The predicted molar refractivity (Wildman–Crippen MR) is 86.5 cm³/mol. The van der Waals surface area contributed by atoms with Gasteiger partial charge in [-0.1, -0.05) is 18.2 Å². The number of methoxy groups -OCH3 is 1. The third kappa shape index (κ3) is 3.06. The predicted octanol–water partition coefficient (Wildman–Crippen LogP) is 1.86. The monoisotopic (exact) mass is 309 g/mol. The number of aromatic nitrogens is 2. The summed E-state index contributed by atoms with van der Waals surface area (Å²) in [6.45, 7) is 0.351. The molecule has 1 aromatic heterocycles. The van der Waals surface area contributed by atoms with Crippen LogP contribution in [0.2, 0.25) is 0 Å². The van der Waals surface area contributed by atoms with E-state index in [2.05, 4.69) is 15.3 Å². The molecule has 2 N–H and O–H groups in total. The van der Waals surface area contributed by atoms with Gasteiger partial charge in [-0.25, -0.2) is 4.98 Å². The SMILES string of the molecule is COc1ccccc1CNC(=O)c1ccc2c(=O)[nH]cnc2c1. The number of nitrogens with zero attached hydrogens (tertiary/aromatic N) is 1. The number of amides is 1. The second kappa shape index (κ2) is 6.31. The Kier molecular flexibility index (Phi) is 4.05. The summed E-state index contributed by atoms with van der Waals surface area (Å²) in [6.07, 6.45) is 1.32. The maximum absolute atomic E-state index is 12.3. The number of nitrogens with one attached hydrogen (secondary N) is 2. The molecule has 0 aliphatic carbocycles. The molecule has 3 aromatic rings. The molecule has 0 unspecified atom stereocenters. The summed E-state index contributed by atoms with van der Waals surface area (Å²) in [5.74, 6) is 0.486. The van der Waals surface area contributed by atoms with E-state index in [1.165, 1.54) is 6.33 Å². The zero-order valence-corrected chi connectivity index (χ0v) is 12.5. The third-order valence-corrected chi connectivity index (χ3v) is 3.54. The first-order chi connectivity index (χ1) is 11.2. The number of carbonyl (C=O) groups excluding carboxylic acids is 1. The number of carbonyl (C=O) groups is 1. The summed E-state index contributed by atoms with van der Waals surface area (Å²) in [5, 5.41) is 3.29. The molecule has 3 rings (SSSR count). The quantitative estimate of drug-likeness (QED) is 0.770. The highest BCUT2D eigenvalue weighted by atomic mass is 16.5. The lowest BCUT2D eigenvalue weighted by molar-refractivity contribution is 0.0951. The summed E-state index contributed by atoms with van der Waals surface area (Å²) in [4.78, 5) is 30.5. The number of hydrogen-bond donors (Lipinski definition) is 2. The molecule has 0 spiro atoms. The molecule has 23 heavy (non-hydrogen) atoms. The van der Waals surface area contributed by atoms with Gasteiger partial charge in [0.25, 0.3) is 11.5 Å². The molecule has 1 amide bonds. The molecular formula is C17H15N3O3. The third-order valence-electron chi connectivity index (χ3n) is 3.54. The number of H-pyrrole nitrogens is 1. The number of para-hydroxylation sites is 1. The van der Waals surface area contributed by atoms with Crippen LogP contribution in [0.4, 0.5) is 0 Å². The van der Waals surface area contributed by atoms with Crippen molar-refractivity contribution in [3.8, 4) is 5.75 Å². The average molecular weight is 309 g/mol. The van der Waals surface area contributed by atoms with Crippen LogP contribution < -0.4 is 15.6 Å². The van der Waals surface area contributed by atoms with Gasteiger partial charge in [-0.2, -0.15) is 0 Å². The number of fused-ring (bicyclic) bond motifs is 1. The Morgan fingerprint density at radius 3 is 2.91 bits per heavy atom. The van der Waals surface area contributed by atoms with Crippen molar-refractivity contribution in [1.29, 1.82) is 0 Å². The molecular weight excluding hydrogens is 294 g/mol. The van der Waals surface area contributed by atoms with Crippen molar-refractivity contribution in [2.45, 2.75) is 6.54 Å². The zero-order valence-electron chi connectivity index (χ0n) is 12.5. The van der Waals surface area contributed by atoms with E-state index in [4.69, 9.17) is 4.74 Å². The van der Waals surface area contributed by atoms with Crippen LogP contribution in [0.3, 0.4) is 0 Å². The van der Waals surface area contributed by atoms with Crippen LogP contribution in [0.15, 0.2) is 53.6 Å². The Labute approximate surface area is 132 Å². The van der Waals surface area contributed by atoms with E-state index < -0.39 is 0 Å². The minimum Gasteiger partial charge on any atom is -0.496 e. The molecule has 0 bridgehead atoms. The van der Waals surface area contributed by atoms with Crippen molar-refractivity contribution in [1.82, 2.24) is 15.3 Å². The van der Waals surface area contributed by atoms with Gasteiger partial charge in [0.1, 0.15) is 5.75 Å². The summed E-state index contributed by atoms with van der Waals surface area (Å²) >= 11 is 0. The minimum absolute atomic E-state index is 0.226. The van der Waals surface area contributed by atoms with E-state index in [-0.39, 0.29) is 11.5 Å². The van der Waals surface area contributed by atoms with Crippen molar-refractivity contribution in [2.75, 3.05) is 7.11 Å². The smallest absolute Gasteiger partial charge is 0.258 e. The fourth-order valence-electron chi connectivity index (χ4n) is 2.34. The fourth-order valence-corrected chi connectivity index (χ4v) is 2.34. The number of aromatic amines is 1. The van der Waals surface area contributed by atoms with Gasteiger partial charge in [0.15, 0.2) is 0 Å². The molecule has 0 aliphatic rings. The van der Waals surface area contributed by atoms with Gasteiger partial charge in [-0.15, -0.1) is 0 Å². The van der Waals surface area contributed by atoms with Crippen LogP contribution in [-0.4, -0.2) is 23.0 Å². The highest BCUT2D eigenvalue weighted by Gasteiger charge is 2.09. The molecule has 1 heterocycles.